The summed E-state index contributed by atoms with van der Waals surface area (Å²) >= 11 is 5.51. The summed E-state index contributed by atoms with van der Waals surface area (Å²) in [6.45, 7) is 0. The SMILES string of the molecule is COc1ccc(Br)c(CC(NN)c2cc3c(s2)CCC3)c1. The molecule has 1 heterocycles. The van der Waals surface area contributed by atoms with E-state index in [0.717, 1.165) is 16.6 Å². The molecule has 0 aliphatic heterocycles. The van der Waals surface area contributed by atoms with Gasteiger partial charge < -0.3 is 4.74 Å². The monoisotopic (exact) mass is 366 g/mol. The Morgan fingerprint density at radius 2 is 2.24 bits per heavy atom. The average Bonchev–Trinajstić information content (AvgIpc) is 3.07. The Balaban J connectivity index is 1.83. The molecule has 0 saturated carbocycles. The van der Waals surface area contributed by atoms with Gasteiger partial charge >= 0.3 is 0 Å². The maximum absolute atomic E-state index is 5.80. The number of methoxy groups -OCH3 is 1. The molecule has 3 N–H and O–H groups in total. The number of hydrogen-bond acceptors (Lipinski definition) is 4. The van der Waals surface area contributed by atoms with Gasteiger partial charge in [0.25, 0.3) is 0 Å². The minimum atomic E-state index is 0.143. The number of rotatable bonds is 5. The van der Waals surface area contributed by atoms with Crippen LogP contribution in [-0.4, -0.2) is 7.11 Å². The zero-order valence-corrected chi connectivity index (χ0v) is 14.4. The fourth-order valence-electron chi connectivity index (χ4n) is 2.82. The zero-order chi connectivity index (χ0) is 14.8. The minimum Gasteiger partial charge on any atom is -0.497 e. The van der Waals surface area contributed by atoms with E-state index in [4.69, 9.17) is 10.6 Å². The van der Waals surface area contributed by atoms with Crippen LogP contribution in [0.3, 0.4) is 0 Å². The Morgan fingerprint density at radius 1 is 1.38 bits per heavy atom. The van der Waals surface area contributed by atoms with Crippen LogP contribution in [0.1, 0.15) is 33.3 Å². The highest BCUT2D eigenvalue weighted by molar-refractivity contribution is 9.10. The van der Waals surface area contributed by atoms with Crippen LogP contribution in [0.2, 0.25) is 0 Å². The number of fused-ring (bicyclic) bond motifs is 1. The Bertz CT molecular complexity index is 620. The molecule has 3 nitrogen and oxygen atoms in total. The van der Waals surface area contributed by atoms with Gasteiger partial charge in [0.15, 0.2) is 0 Å². The molecular formula is C16H19BrN2OS. The minimum absolute atomic E-state index is 0.143. The molecule has 1 aliphatic rings. The Morgan fingerprint density at radius 3 is 2.95 bits per heavy atom. The molecule has 1 atom stereocenters. The summed E-state index contributed by atoms with van der Waals surface area (Å²) in [6.07, 6.45) is 4.57. The lowest BCUT2D eigenvalue weighted by molar-refractivity contribution is 0.413. The lowest BCUT2D eigenvalue weighted by atomic mass is 10.0. The van der Waals surface area contributed by atoms with E-state index in [1.54, 1.807) is 7.11 Å². The summed E-state index contributed by atoms with van der Waals surface area (Å²) in [5, 5.41) is 0. The summed E-state index contributed by atoms with van der Waals surface area (Å²) in [5.41, 5.74) is 5.68. The van der Waals surface area contributed by atoms with E-state index < -0.39 is 0 Å². The van der Waals surface area contributed by atoms with E-state index in [-0.39, 0.29) is 6.04 Å². The topological polar surface area (TPSA) is 47.3 Å². The van der Waals surface area contributed by atoms with Crippen LogP contribution < -0.4 is 16.0 Å². The van der Waals surface area contributed by atoms with Crippen molar-refractivity contribution in [2.45, 2.75) is 31.7 Å². The quantitative estimate of drug-likeness (QED) is 0.625. The molecule has 3 rings (SSSR count). The molecule has 0 bridgehead atoms. The number of hydrogen-bond donors (Lipinski definition) is 2. The van der Waals surface area contributed by atoms with Crippen molar-refractivity contribution in [3.63, 3.8) is 0 Å². The molecule has 0 saturated heterocycles. The van der Waals surface area contributed by atoms with Gasteiger partial charge in [-0.05, 0) is 61.1 Å². The van der Waals surface area contributed by atoms with Crippen molar-refractivity contribution in [3.8, 4) is 5.75 Å². The third-order valence-corrected chi connectivity index (χ3v) is 6.11. The van der Waals surface area contributed by atoms with Gasteiger partial charge in [0.2, 0.25) is 0 Å². The van der Waals surface area contributed by atoms with E-state index in [0.29, 0.717) is 0 Å². The van der Waals surface area contributed by atoms with Crippen LogP contribution in [0.25, 0.3) is 0 Å². The second-order valence-corrected chi connectivity index (χ2v) is 7.35. The van der Waals surface area contributed by atoms with Crippen molar-refractivity contribution in [2.24, 2.45) is 5.84 Å². The molecule has 1 aromatic carbocycles. The first-order valence-electron chi connectivity index (χ1n) is 7.11. The zero-order valence-electron chi connectivity index (χ0n) is 12.0. The van der Waals surface area contributed by atoms with Gasteiger partial charge in [0, 0.05) is 14.2 Å². The highest BCUT2D eigenvalue weighted by atomic mass is 79.9. The molecule has 0 amide bonds. The fraction of sp³-hybridized carbons (Fsp3) is 0.375. The number of ether oxygens (including phenoxy) is 1. The van der Waals surface area contributed by atoms with E-state index in [1.807, 2.05) is 23.5 Å². The molecule has 112 valence electrons. The van der Waals surface area contributed by atoms with Crippen LogP contribution in [0.4, 0.5) is 0 Å². The first kappa shape index (κ1) is 15.0. The van der Waals surface area contributed by atoms with Gasteiger partial charge in [-0.25, -0.2) is 0 Å². The van der Waals surface area contributed by atoms with Gasteiger partial charge in [-0.3, -0.25) is 11.3 Å². The number of hydrazine groups is 1. The van der Waals surface area contributed by atoms with Crippen molar-refractivity contribution in [1.82, 2.24) is 5.43 Å². The molecule has 1 unspecified atom stereocenters. The third kappa shape index (κ3) is 3.16. The van der Waals surface area contributed by atoms with Crippen LogP contribution >= 0.6 is 27.3 Å². The lowest BCUT2D eigenvalue weighted by Gasteiger charge is -2.16. The summed E-state index contributed by atoms with van der Waals surface area (Å²) in [7, 11) is 1.69. The summed E-state index contributed by atoms with van der Waals surface area (Å²) in [4.78, 5) is 2.87. The second kappa shape index (κ2) is 6.48. The normalized spacial score (nSPS) is 15.0. The average molecular weight is 367 g/mol. The predicted molar refractivity (Wildman–Crippen MR) is 90.8 cm³/mol. The first-order valence-corrected chi connectivity index (χ1v) is 8.72. The molecule has 1 aliphatic carbocycles. The standard InChI is InChI=1S/C16H19BrN2OS/c1-20-12-5-6-13(17)11(7-12)8-14(19-18)16-9-10-3-2-4-15(10)21-16/h5-7,9,14,19H,2-4,8,18H2,1H3. The number of halogens is 1. The van der Waals surface area contributed by atoms with Gasteiger partial charge in [0.05, 0.1) is 13.2 Å². The number of benzene rings is 1. The second-order valence-electron chi connectivity index (χ2n) is 5.33. The van der Waals surface area contributed by atoms with Gasteiger partial charge in [-0.2, -0.15) is 0 Å². The van der Waals surface area contributed by atoms with E-state index in [9.17, 15) is 0 Å². The third-order valence-electron chi connectivity index (χ3n) is 3.99. The summed E-state index contributed by atoms with van der Waals surface area (Å²) < 4.78 is 6.40. The number of nitrogens with two attached hydrogens (primary N) is 1. The molecule has 2 aromatic rings. The van der Waals surface area contributed by atoms with Crippen LogP contribution in [0.15, 0.2) is 28.7 Å². The van der Waals surface area contributed by atoms with Crippen molar-refractivity contribution >= 4 is 27.3 Å². The lowest BCUT2D eigenvalue weighted by Crippen LogP contribution is -2.29. The van der Waals surface area contributed by atoms with Crippen LogP contribution in [0, 0.1) is 0 Å². The molecule has 21 heavy (non-hydrogen) atoms. The van der Waals surface area contributed by atoms with Crippen molar-refractivity contribution in [3.05, 3.63) is 49.6 Å². The van der Waals surface area contributed by atoms with Crippen LogP contribution in [0.5, 0.6) is 5.75 Å². The largest absolute Gasteiger partial charge is 0.497 e. The van der Waals surface area contributed by atoms with Crippen molar-refractivity contribution in [2.75, 3.05) is 7.11 Å². The smallest absolute Gasteiger partial charge is 0.119 e. The molecule has 0 fully saturated rings. The molecular weight excluding hydrogens is 348 g/mol. The first-order chi connectivity index (χ1) is 10.2. The van der Waals surface area contributed by atoms with Crippen LogP contribution in [-0.2, 0) is 19.3 Å². The fourth-order valence-corrected chi connectivity index (χ4v) is 4.55. The molecule has 1 aromatic heterocycles. The van der Waals surface area contributed by atoms with E-state index >= 15 is 0 Å². The van der Waals surface area contributed by atoms with Crippen molar-refractivity contribution < 1.29 is 4.74 Å². The Kier molecular flexibility index (Phi) is 4.64. The van der Waals surface area contributed by atoms with Gasteiger partial charge in [-0.15, -0.1) is 11.3 Å². The maximum Gasteiger partial charge on any atom is 0.119 e. The number of nitrogens with one attached hydrogen (secondary N) is 1. The highest BCUT2D eigenvalue weighted by Crippen LogP contribution is 2.35. The highest BCUT2D eigenvalue weighted by Gasteiger charge is 2.20. The van der Waals surface area contributed by atoms with Gasteiger partial charge in [0.1, 0.15) is 5.75 Å². The summed E-state index contributed by atoms with van der Waals surface area (Å²) in [6, 6.07) is 8.51. The van der Waals surface area contributed by atoms with Crippen molar-refractivity contribution in [1.29, 1.82) is 0 Å². The molecule has 5 heteroatoms. The predicted octanol–water partition coefficient (Wildman–Crippen LogP) is 3.76. The number of aryl methyl sites for hydroxylation is 2. The Hall–Kier alpha value is -0.880. The van der Waals surface area contributed by atoms with E-state index in [2.05, 4.69) is 33.5 Å². The van der Waals surface area contributed by atoms with Gasteiger partial charge in [-0.1, -0.05) is 15.9 Å². The van der Waals surface area contributed by atoms with E-state index in [1.165, 1.54) is 40.1 Å². The Labute approximate surface area is 137 Å². The maximum atomic E-state index is 5.80. The number of thiophene rings is 1. The molecule has 0 spiro atoms. The summed E-state index contributed by atoms with van der Waals surface area (Å²) in [5.74, 6) is 6.68. The molecule has 0 radical (unpaired) electrons.